The van der Waals surface area contributed by atoms with Crippen LogP contribution in [0.3, 0.4) is 0 Å². The van der Waals surface area contributed by atoms with Gasteiger partial charge in [-0.05, 0) is 10.8 Å². The van der Waals surface area contributed by atoms with Crippen LogP contribution in [0.1, 0.15) is 24.8 Å². The van der Waals surface area contributed by atoms with Crippen molar-refractivity contribution >= 4 is 32.9 Å². The molecule has 0 saturated carbocycles. The van der Waals surface area contributed by atoms with Crippen LogP contribution in [0.15, 0.2) is 109 Å². The van der Waals surface area contributed by atoms with Gasteiger partial charge in [0.15, 0.2) is 5.66 Å². The zero-order valence-corrected chi connectivity index (χ0v) is 15.1. The Hall–Kier alpha value is -3.78. The fourth-order valence-corrected chi connectivity index (χ4v) is 4.06. The molecule has 5 aromatic carbocycles. The van der Waals surface area contributed by atoms with Crippen molar-refractivity contribution in [2.24, 2.45) is 0 Å². The summed E-state index contributed by atoms with van der Waals surface area (Å²) in [6.07, 6.45) is 0. The minimum Gasteiger partial charge on any atom is -0.353 e. The highest BCUT2D eigenvalue weighted by atomic mass is 15.3. The van der Waals surface area contributed by atoms with Crippen molar-refractivity contribution in [3.8, 4) is 0 Å². The molecule has 29 heavy (non-hydrogen) atoms. The third-order valence-corrected chi connectivity index (χ3v) is 5.31. The Labute approximate surface area is 183 Å². The quantitative estimate of drug-likeness (QED) is 0.331. The number of benzene rings is 5. The summed E-state index contributed by atoms with van der Waals surface area (Å²) in [4.78, 5) is 0. The van der Waals surface area contributed by atoms with Crippen LogP contribution >= 0.6 is 0 Å². The van der Waals surface area contributed by atoms with Gasteiger partial charge < -0.3 is 10.6 Å². The molecule has 1 heterocycles. The summed E-state index contributed by atoms with van der Waals surface area (Å²) in [5.41, 5.74) is -1.53. The zero-order valence-electron chi connectivity index (χ0n) is 25.1. The smallest absolute Gasteiger partial charge is 0.161 e. The summed E-state index contributed by atoms with van der Waals surface area (Å²) in [6, 6.07) is 9.22. The fourth-order valence-electron chi connectivity index (χ4n) is 4.06. The molecular formula is C27H20N2. The van der Waals surface area contributed by atoms with Crippen LogP contribution in [-0.2, 0) is 5.66 Å². The molecule has 1 aliphatic rings. The lowest BCUT2D eigenvalue weighted by Gasteiger charge is -2.32. The molecule has 2 heteroatoms. The molecule has 1 aliphatic heterocycles. The first kappa shape index (κ1) is 9.15. The highest BCUT2D eigenvalue weighted by Gasteiger charge is 2.41. The van der Waals surface area contributed by atoms with E-state index in [-0.39, 0.29) is 11.1 Å². The van der Waals surface area contributed by atoms with Gasteiger partial charge in [-0.25, -0.2) is 0 Å². The van der Waals surface area contributed by atoms with Crippen LogP contribution in [0.2, 0.25) is 0 Å². The van der Waals surface area contributed by atoms with Gasteiger partial charge in [0, 0.05) is 21.9 Å². The lowest BCUT2D eigenvalue weighted by Crippen LogP contribution is -2.39. The number of rotatable bonds is 2. The largest absolute Gasteiger partial charge is 0.353 e. The van der Waals surface area contributed by atoms with E-state index in [0.717, 1.165) is 21.5 Å². The minimum absolute atomic E-state index is 0.281. The Morgan fingerprint density at radius 3 is 1.31 bits per heavy atom. The molecule has 138 valence electrons. The van der Waals surface area contributed by atoms with E-state index in [9.17, 15) is 0 Å². The first-order valence-corrected chi connectivity index (χ1v) is 9.15. The third kappa shape index (κ3) is 2.29. The summed E-state index contributed by atoms with van der Waals surface area (Å²) in [5, 5.41) is 9.84. The minimum atomic E-state index is -2.00. The topological polar surface area (TPSA) is 24.1 Å². The van der Waals surface area contributed by atoms with E-state index in [1.54, 1.807) is 0 Å². The lowest BCUT2D eigenvalue weighted by molar-refractivity contribution is 0.704. The van der Waals surface area contributed by atoms with E-state index in [1.165, 1.54) is 0 Å². The zero-order chi connectivity index (χ0) is 28.0. The van der Waals surface area contributed by atoms with Crippen LogP contribution in [-0.4, -0.2) is 0 Å². The van der Waals surface area contributed by atoms with E-state index in [0.29, 0.717) is 11.4 Å². The summed E-state index contributed by atoms with van der Waals surface area (Å²) < 4.78 is 84.7. The molecule has 0 unspecified atom stereocenters. The summed E-state index contributed by atoms with van der Waals surface area (Å²) in [6.45, 7) is 0. The van der Waals surface area contributed by atoms with Crippen molar-refractivity contribution < 1.29 is 13.7 Å². The Morgan fingerprint density at radius 2 is 0.897 bits per heavy atom. The molecule has 0 radical (unpaired) electrons. The standard InChI is InChI=1S/C27H20N2/c1-3-11-19(12-4-1)27(20-13-5-2-6-14-20)28-25-23-17-9-7-15-21(23)22-16-8-10-18-24(22)26(25)29-27/h1-18,28-29H/i1D,2D,3D,4D,5D,6D,11D,12D,13D,14D. The summed E-state index contributed by atoms with van der Waals surface area (Å²) in [7, 11) is 0. The van der Waals surface area contributed by atoms with Crippen molar-refractivity contribution in [2.75, 3.05) is 10.6 Å². The molecule has 0 amide bonds. The van der Waals surface area contributed by atoms with Crippen LogP contribution in [0.25, 0.3) is 21.5 Å². The van der Waals surface area contributed by atoms with Crippen molar-refractivity contribution in [1.82, 2.24) is 0 Å². The maximum atomic E-state index is 8.79. The lowest BCUT2D eigenvalue weighted by atomic mass is 9.91. The van der Waals surface area contributed by atoms with Gasteiger partial charge >= 0.3 is 0 Å². The number of hydrogen-bond donors (Lipinski definition) is 2. The van der Waals surface area contributed by atoms with Crippen LogP contribution in [0.5, 0.6) is 0 Å². The Morgan fingerprint density at radius 1 is 0.517 bits per heavy atom. The predicted molar refractivity (Wildman–Crippen MR) is 122 cm³/mol. The Balaban J connectivity index is 1.82. The van der Waals surface area contributed by atoms with E-state index >= 15 is 0 Å². The van der Waals surface area contributed by atoms with Gasteiger partial charge in [0.1, 0.15) is 0 Å². The predicted octanol–water partition coefficient (Wildman–Crippen LogP) is 6.73. The van der Waals surface area contributed by atoms with E-state index in [2.05, 4.69) is 10.6 Å². The second kappa shape index (κ2) is 6.11. The summed E-state index contributed by atoms with van der Waals surface area (Å²) >= 11 is 0. The number of nitrogens with one attached hydrogen (secondary N) is 2. The molecule has 2 N–H and O–H groups in total. The van der Waals surface area contributed by atoms with Gasteiger partial charge in [-0.1, -0.05) is 109 Å². The highest BCUT2D eigenvalue weighted by molar-refractivity contribution is 6.21. The molecule has 6 rings (SSSR count). The first-order chi connectivity index (χ1) is 18.5. The summed E-state index contributed by atoms with van der Waals surface area (Å²) in [5.74, 6) is 0. The molecule has 5 aromatic rings. The first-order valence-electron chi connectivity index (χ1n) is 14.2. The number of fused-ring (bicyclic) bond motifs is 6. The molecule has 2 nitrogen and oxygen atoms in total. The van der Waals surface area contributed by atoms with Crippen LogP contribution in [0, 0.1) is 0 Å². The molecule has 0 fully saturated rings. The molecule has 0 spiro atoms. The van der Waals surface area contributed by atoms with Crippen LogP contribution in [0.4, 0.5) is 11.4 Å². The second-order valence-corrected chi connectivity index (χ2v) is 6.84. The van der Waals surface area contributed by atoms with Crippen molar-refractivity contribution in [2.45, 2.75) is 5.66 Å². The number of hydrogen-bond acceptors (Lipinski definition) is 2. The molecule has 0 aliphatic carbocycles. The van der Waals surface area contributed by atoms with Gasteiger partial charge in [-0.2, -0.15) is 0 Å². The fraction of sp³-hybridized carbons (Fsp3) is 0.0370. The van der Waals surface area contributed by atoms with Crippen molar-refractivity contribution in [3.05, 3.63) is 120 Å². The van der Waals surface area contributed by atoms with Gasteiger partial charge in [0.2, 0.25) is 0 Å². The van der Waals surface area contributed by atoms with Gasteiger partial charge in [-0.3, -0.25) is 0 Å². The average Bonchev–Trinajstić information content (AvgIpc) is 3.34. The maximum absolute atomic E-state index is 8.79. The molecule has 0 saturated heterocycles. The average molecular weight is 383 g/mol. The molecule has 0 bridgehead atoms. The SMILES string of the molecule is [2H]c1c([2H])c([2H])c(C2(c3c([2H])c([2H])c([2H])c([2H])c3[2H])Nc3c(c4ccccc4c4ccccc34)N2)c([2H])c1[2H]. The monoisotopic (exact) mass is 382 g/mol. The van der Waals surface area contributed by atoms with Gasteiger partial charge in [-0.15, -0.1) is 0 Å². The van der Waals surface area contributed by atoms with E-state index in [4.69, 9.17) is 13.7 Å². The van der Waals surface area contributed by atoms with Crippen LogP contribution < -0.4 is 10.6 Å². The van der Waals surface area contributed by atoms with Gasteiger partial charge in [0.25, 0.3) is 0 Å². The van der Waals surface area contributed by atoms with Crippen molar-refractivity contribution in [1.29, 1.82) is 0 Å². The Bertz CT molecular complexity index is 1690. The maximum Gasteiger partial charge on any atom is 0.161 e. The second-order valence-electron chi connectivity index (χ2n) is 6.84. The molecule has 0 aromatic heterocycles. The number of anilines is 2. The molecular weight excluding hydrogens is 352 g/mol. The Kier molecular flexibility index (Phi) is 1.93. The highest BCUT2D eigenvalue weighted by Crippen LogP contribution is 2.50. The van der Waals surface area contributed by atoms with E-state index < -0.39 is 66.1 Å². The van der Waals surface area contributed by atoms with Gasteiger partial charge in [0.05, 0.1) is 25.1 Å². The van der Waals surface area contributed by atoms with E-state index in [1.807, 2.05) is 48.5 Å². The third-order valence-electron chi connectivity index (χ3n) is 5.31. The van der Waals surface area contributed by atoms with Crippen molar-refractivity contribution in [3.63, 3.8) is 0 Å². The normalized spacial score (nSPS) is 19.2. The molecule has 0 atom stereocenters.